The van der Waals surface area contributed by atoms with Crippen LogP contribution in [0.4, 0.5) is 11.7 Å². The van der Waals surface area contributed by atoms with Gasteiger partial charge in [-0.1, -0.05) is 25.9 Å². The van der Waals surface area contributed by atoms with E-state index in [1.54, 1.807) is 22.9 Å². The van der Waals surface area contributed by atoms with Crippen LogP contribution < -0.4 is 16.8 Å². The molecule has 32 heavy (non-hydrogen) atoms. The molecule has 3 aromatic heterocycles. The second-order valence-electron chi connectivity index (χ2n) is 9.19. The van der Waals surface area contributed by atoms with Gasteiger partial charge in [0.1, 0.15) is 17.1 Å². The summed E-state index contributed by atoms with van der Waals surface area (Å²) >= 11 is 0. The summed E-state index contributed by atoms with van der Waals surface area (Å²) in [6, 6.07) is 5.10. The maximum Gasteiger partial charge on any atom is 0.254 e. The first kappa shape index (κ1) is 23.0. The minimum absolute atomic E-state index is 0.0425. The lowest BCUT2D eigenvalue weighted by atomic mass is 9.91. The second kappa shape index (κ2) is 8.81. The number of amides is 2. The van der Waals surface area contributed by atoms with Crippen molar-refractivity contribution in [2.45, 2.75) is 53.5 Å². The van der Waals surface area contributed by atoms with Crippen LogP contribution in [0.5, 0.6) is 0 Å². The maximum absolute atomic E-state index is 12.4. The summed E-state index contributed by atoms with van der Waals surface area (Å²) in [7, 11) is 0. The maximum atomic E-state index is 12.4. The highest BCUT2D eigenvalue weighted by Gasteiger charge is 2.23. The molecule has 0 saturated heterocycles. The molecular formula is C22H29N7O3. The summed E-state index contributed by atoms with van der Waals surface area (Å²) in [5, 5.41) is 11.1. The van der Waals surface area contributed by atoms with Crippen LogP contribution in [0, 0.1) is 5.41 Å². The van der Waals surface area contributed by atoms with E-state index in [0.717, 1.165) is 12.1 Å². The van der Waals surface area contributed by atoms with Crippen molar-refractivity contribution in [3.63, 3.8) is 0 Å². The normalized spacial score (nSPS) is 11.7. The van der Waals surface area contributed by atoms with Crippen molar-refractivity contribution in [3.8, 4) is 11.3 Å². The summed E-state index contributed by atoms with van der Waals surface area (Å²) in [4.78, 5) is 28.6. The van der Waals surface area contributed by atoms with Gasteiger partial charge >= 0.3 is 0 Å². The van der Waals surface area contributed by atoms with Gasteiger partial charge in [0.2, 0.25) is 11.8 Å². The number of primary amides is 1. The summed E-state index contributed by atoms with van der Waals surface area (Å²) in [5.41, 5.74) is 14.0. The van der Waals surface area contributed by atoms with E-state index in [0.29, 0.717) is 22.8 Å². The molecule has 0 unspecified atom stereocenters. The number of carbonyl (C=O) groups excluding carboxylic acids is 2. The Morgan fingerprint density at radius 1 is 1.22 bits per heavy atom. The Morgan fingerprint density at radius 3 is 2.50 bits per heavy atom. The number of anilines is 2. The third-order valence-electron chi connectivity index (χ3n) is 4.66. The number of hydrogen-bond acceptors (Lipinski definition) is 7. The van der Waals surface area contributed by atoms with Gasteiger partial charge in [0.15, 0.2) is 0 Å². The number of nitrogens with zero attached hydrogens (tertiary/aromatic N) is 4. The number of nitrogen functional groups attached to an aromatic ring is 1. The zero-order valence-electron chi connectivity index (χ0n) is 19.0. The fourth-order valence-corrected chi connectivity index (χ4v) is 3.30. The SMILES string of the molecule is CC(C)n1nc(-c2ccc(CC(=O)Nc3cc(CC(C)(C)C)no3)nc2)c(C(N)=O)c1N. The lowest BCUT2D eigenvalue weighted by molar-refractivity contribution is -0.115. The molecule has 0 aromatic carbocycles. The second-order valence-corrected chi connectivity index (χ2v) is 9.19. The van der Waals surface area contributed by atoms with Crippen molar-refractivity contribution < 1.29 is 14.1 Å². The molecule has 10 heteroatoms. The largest absolute Gasteiger partial charge is 0.383 e. The summed E-state index contributed by atoms with van der Waals surface area (Å²) in [6.07, 6.45) is 2.32. The van der Waals surface area contributed by atoms with Gasteiger partial charge in [0.05, 0.1) is 12.1 Å². The molecule has 0 aliphatic heterocycles. The van der Waals surface area contributed by atoms with Crippen LogP contribution in [0.15, 0.2) is 28.9 Å². The van der Waals surface area contributed by atoms with Gasteiger partial charge < -0.3 is 16.0 Å². The molecule has 0 bridgehead atoms. The van der Waals surface area contributed by atoms with E-state index in [1.165, 1.54) is 6.20 Å². The Balaban J connectivity index is 1.71. The standard InChI is InChI=1S/C22H29N7O3/c1-12(2)29-20(23)18(21(24)31)19(27-29)13-6-7-14(25-11-13)8-16(30)26-17-9-15(28-32-17)10-22(3,4)5/h6-7,9,11-12H,8,10,23H2,1-5H3,(H2,24,31)(H,26,30). The van der Waals surface area contributed by atoms with Crippen molar-refractivity contribution in [3.05, 3.63) is 41.3 Å². The Hall–Kier alpha value is -3.69. The summed E-state index contributed by atoms with van der Waals surface area (Å²) < 4.78 is 6.74. The number of hydrogen-bond donors (Lipinski definition) is 3. The highest BCUT2D eigenvalue weighted by atomic mass is 16.5. The van der Waals surface area contributed by atoms with E-state index in [1.807, 2.05) is 13.8 Å². The molecule has 5 N–H and O–H groups in total. The van der Waals surface area contributed by atoms with Gasteiger partial charge in [0.25, 0.3) is 5.91 Å². The lowest BCUT2D eigenvalue weighted by Gasteiger charge is -2.14. The average molecular weight is 440 g/mol. The molecule has 0 aliphatic carbocycles. The molecule has 0 atom stereocenters. The van der Waals surface area contributed by atoms with Crippen LogP contribution in [0.25, 0.3) is 11.3 Å². The first-order chi connectivity index (χ1) is 14.9. The topological polar surface area (TPSA) is 155 Å². The third kappa shape index (κ3) is 5.32. The van der Waals surface area contributed by atoms with Crippen LogP contribution in [-0.4, -0.2) is 31.7 Å². The van der Waals surface area contributed by atoms with Crippen molar-refractivity contribution >= 4 is 23.5 Å². The molecule has 2 amide bonds. The minimum atomic E-state index is -0.661. The van der Waals surface area contributed by atoms with Gasteiger partial charge in [-0.05, 0) is 37.8 Å². The molecule has 3 heterocycles. The quantitative estimate of drug-likeness (QED) is 0.511. The van der Waals surface area contributed by atoms with E-state index in [9.17, 15) is 9.59 Å². The van der Waals surface area contributed by atoms with E-state index >= 15 is 0 Å². The van der Waals surface area contributed by atoms with Crippen LogP contribution in [-0.2, 0) is 17.6 Å². The minimum Gasteiger partial charge on any atom is -0.383 e. The Labute approximate surface area is 186 Å². The lowest BCUT2D eigenvalue weighted by Crippen LogP contribution is -2.15. The predicted octanol–water partition coefficient (Wildman–Crippen LogP) is 2.96. The highest BCUT2D eigenvalue weighted by molar-refractivity contribution is 6.03. The fraction of sp³-hybridized carbons (Fsp3) is 0.409. The molecule has 10 nitrogen and oxygen atoms in total. The molecule has 0 spiro atoms. The van der Waals surface area contributed by atoms with Gasteiger partial charge in [0, 0.05) is 29.6 Å². The van der Waals surface area contributed by atoms with Crippen LogP contribution in [0.2, 0.25) is 0 Å². The van der Waals surface area contributed by atoms with Crippen molar-refractivity contribution in [1.82, 2.24) is 19.9 Å². The van der Waals surface area contributed by atoms with Crippen molar-refractivity contribution in [2.75, 3.05) is 11.1 Å². The Bertz CT molecular complexity index is 1120. The molecule has 170 valence electrons. The van der Waals surface area contributed by atoms with E-state index in [-0.39, 0.29) is 35.2 Å². The molecule has 3 aromatic rings. The number of pyridine rings is 1. The predicted molar refractivity (Wildman–Crippen MR) is 121 cm³/mol. The van der Waals surface area contributed by atoms with Gasteiger partial charge in [-0.2, -0.15) is 5.10 Å². The first-order valence-electron chi connectivity index (χ1n) is 10.3. The van der Waals surface area contributed by atoms with Gasteiger partial charge in [-0.3, -0.25) is 19.9 Å². The fourth-order valence-electron chi connectivity index (χ4n) is 3.30. The smallest absolute Gasteiger partial charge is 0.254 e. The number of carbonyl (C=O) groups is 2. The van der Waals surface area contributed by atoms with E-state index in [4.69, 9.17) is 16.0 Å². The van der Waals surface area contributed by atoms with Crippen molar-refractivity contribution in [1.29, 1.82) is 0 Å². The third-order valence-corrected chi connectivity index (χ3v) is 4.66. The molecule has 0 aliphatic rings. The monoisotopic (exact) mass is 439 g/mol. The first-order valence-corrected chi connectivity index (χ1v) is 10.3. The van der Waals surface area contributed by atoms with Crippen LogP contribution >= 0.6 is 0 Å². The van der Waals surface area contributed by atoms with Crippen LogP contribution in [0.3, 0.4) is 0 Å². The average Bonchev–Trinajstić information content (AvgIpc) is 3.24. The molecule has 0 radical (unpaired) electrons. The molecular weight excluding hydrogens is 410 g/mol. The number of rotatable bonds is 7. The van der Waals surface area contributed by atoms with Gasteiger partial charge in [-0.15, -0.1) is 0 Å². The molecule has 0 saturated carbocycles. The Morgan fingerprint density at radius 2 is 1.94 bits per heavy atom. The Kier molecular flexibility index (Phi) is 6.33. The molecule has 3 rings (SSSR count). The van der Waals surface area contributed by atoms with E-state index < -0.39 is 5.91 Å². The summed E-state index contributed by atoms with van der Waals surface area (Å²) in [5.74, 6) is -0.434. The zero-order valence-corrected chi connectivity index (χ0v) is 19.0. The zero-order chi connectivity index (χ0) is 23.6. The number of nitrogens with one attached hydrogen (secondary N) is 1. The van der Waals surface area contributed by atoms with E-state index in [2.05, 4.69) is 41.3 Å². The van der Waals surface area contributed by atoms with Crippen molar-refractivity contribution in [2.24, 2.45) is 11.1 Å². The van der Waals surface area contributed by atoms with Gasteiger partial charge in [-0.25, -0.2) is 4.68 Å². The number of aromatic nitrogens is 4. The summed E-state index contributed by atoms with van der Waals surface area (Å²) in [6.45, 7) is 10.1. The molecule has 0 fully saturated rings. The highest BCUT2D eigenvalue weighted by Crippen LogP contribution is 2.28. The van der Waals surface area contributed by atoms with Crippen LogP contribution in [0.1, 0.15) is 62.4 Å². The number of nitrogens with two attached hydrogens (primary N) is 2.